The topological polar surface area (TPSA) is 50.3 Å². The van der Waals surface area contributed by atoms with Gasteiger partial charge in [-0.15, -0.1) is 0 Å². The number of anilines is 2. The molecular formula is C13H19F3N4O. The molecule has 21 heavy (non-hydrogen) atoms. The van der Waals surface area contributed by atoms with Gasteiger partial charge in [0.2, 0.25) is 0 Å². The van der Waals surface area contributed by atoms with Gasteiger partial charge in [0.1, 0.15) is 18.2 Å². The van der Waals surface area contributed by atoms with Crippen molar-refractivity contribution in [2.75, 3.05) is 37.5 Å². The Morgan fingerprint density at radius 2 is 2.19 bits per heavy atom. The molecule has 1 atom stereocenters. The maximum atomic E-state index is 12.9. The number of piperidine rings is 1. The standard InChI is InChI=1S/C13H19F3N4O/c1-17-10-6-12(19-11(18-10)8-21-2)20-5-3-4-9(7-20)13(14,15)16/h6,9H,3-5,7-8H2,1-2H3,(H,17,18,19). The zero-order valence-electron chi connectivity index (χ0n) is 12.1. The van der Waals surface area contributed by atoms with Gasteiger partial charge >= 0.3 is 6.18 Å². The Hall–Kier alpha value is -1.57. The molecule has 2 heterocycles. The summed E-state index contributed by atoms with van der Waals surface area (Å²) in [6.07, 6.45) is -3.48. The summed E-state index contributed by atoms with van der Waals surface area (Å²) in [7, 11) is 3.23. The zero-order chi connectivity index (χ0) is 15.5. The van der Waals surface area contributed by atoms with Crippen LogP contribution in [-0.2, 0) is 11.3 Å². The molecule has 1 aromatic rings. The molecule has 1 unspecified atom stereocenters. The average molecular weight is 304 g/mol. The molecule has 0 aromatic carbocycles. The van der Waals surface area contributed by atoms with Crippen LogP contribution in [0.5, 0.6) is 0 Å². The summed E-state index contributed by atoms with van der Waals surface area (Å²) in [5, 5.41) is 2.89. The van der Waals surface area contributed by atoms with Gasteiger partial charge in [-0.25, -0.2) is 9.97 Å². The third-order valence-corrected chi connectivity index (χ3v) is 3.50. The van der Waals surface area contributed by atoms with E-state index in [-0.39, 0.29) is 19.6 Å². The summed E-state index contributed by atoms with van der Waals surface area (Å²) < 4.78 is 43.6. The molecule has 1 N–H and O–H groups in total. The molecule has 0 spiro atoms. The Labute approximate surface area is 121 Å². The lowest BCUT2D eigenvalue weighted by Crippen LogP contribution is -2.42. The number of nitrogens with one attached hydrogen (secondary N) is 1. The van der Waals surface area contributed by atoms with Gasteiger partial charge in [0.25, 0.3) is 0 Å². The quantitative estimate of drug-likeness (QED) is 0.926. The van der Waals surface area contributed by atoms with Crippen LogP contribution in [0.25, 0.3) is 0 Å². The number of rotatable bonds is 4. The highest BCUT2D eigenvalue weighted by Crippen LogP contribution is 2.34. The van der Waals surface area contributed by atoms with Gasteiger partial charge in [0.05, 0.1) is 5.92 Å². The van der Waals surface area contributed by atoms with Crippen LogP contribution in [0.4, 0.5) is 24.8 Å². The Morgan fingerprint density at radius 3 is 2.81 bits per heavy atom. The first-order valence-electron chi connectivity index (χ1n) is 6.80. The van der Waals surface area contributed by atoms with Crippen molar-refractivity contribution in [2.24, 2.45) is 5.92 Å². The average Bonchev–Trinajstić information content (AvgIpc) is 2.46. The smallest absolute Gasteiger partial charge is 0.377 e. The second-order valence-corrected chi connectivity index (χ2v) is 5.04. The van der Waals surface area contributed by atoms with Gasteiger partial charge in [-0.3, -0.25) is 0 Å². The molecule has 1 aliphatic heterocycles. The minimum atomic E-state index is -4.16. The molecule has 5 nitrogen and oxygen atoms in total. The first-order valence-corrected chi connectivity index (χ1v) is 6.80. The highest BCUT2D eigenvalue weighted by molar-refractivity contribution is 5.49. The molecule has 1 saturated heterocycles. The van der Waals surface area contributed by atoms with Crippen molar-refractivity contribution >= 4 is 11.6 Å². The predicted molar refractivity (Wildman–Crippen MR) is 73.3 cm³/mol. The van der Waals surface area contributed by atoms with Crippen molar-refractivity contribution in [3.8, 4) is 0 Å². The maximum absolute atomic E-state index is 12.9. The molecule has 0 radical (unpaired) electrons. The number of aromatic nitrogens is 2. The van der Waals surface area contributed by atoms with Crippen molar-refractivity contribution in [3.63, 3.8) is 0 Å². The van der Waals surface area contributed by atoms with Gasteiger partial charge < -0.3 is 15.0 Å². The molecule has 1 aromatic heterocycles. The Bertz CT molecular complexity index is 481. The third kappa shape index (κ3) is 3.96. The number of hydrogen-bond donors (Lipinski definition) is 1. The molecule has 0 saturated carbocycles. The fraction of sp³-hybridized carbons (Fsp3) is 0.692. The van der Waals surface area contributed by atoms with E-state index in [1.807, 2.05) is 0 Å². The van der Waals surface area contributed by atoms with E-state index in [1.54, 1.807) is 18.0 Å². The maximum Gasteiger partial charge on any atom is 0.393 e. The highest BCUT2D eigenvalue weighted by atomic mass is 19.4. The van der Waals surface area contributed by atoms with Crippen molar-refractivity contribution in [1.82, 2.24) is 9.97 Å². The number of methoxy groups -OCH3 is 1. The SMILES string of the molecule is CNc1cc(N2CCCC(C(F)(F)F)C2)nc(COC)n1. The van der Waals surface area contributed by atoms with Crippen molar-refractivity contribution in [1.29, 1.82) is 0 Å². The molecule has 0 amide bonds. The normalized spacial score (nSPS) is 19.7. The second kappa shape index (κ2) is 6.46. The summed E-state index contributed by atoms with van der Waals surface area (Å²) >= 11 is 0. The summed E-state index contributed by atoms with van der Waals surface area (Å²) in [4.78, 5) is 10.2. The van der Waals surface area contributed by atoms with Crippen LogP contribution in [0.3, 0.4) is 0 Å². The first kappa shape index (κ1) is 15.8. The van der Waals surface area contributed by atoms with Gasteiger partial charge in [-0.05, 0) is 12.8 Å². The van der Waals surface area contributed by atoms with E-state index in [0.717, 1.165) is 0 Å². The summed E-state index contributed by atoms with van der Waals surface area (Å²) in [6, 6.07) is 1.66. The molecule has 1 fully saturated rings. The van der Waals surface area contributed by atoms with Crippen LogP contribution in [0.1, 0.15) is 18.7 Å². The fourth-order valence-electron chi connectivity index (χ4n) is 2.42. The van der Waals surface area contributed by atoms with Crippen LogP contribution in [0, 0.1) is 5.92 Å². The Kier molecular flexibility index (Phi) is 4.87. The van der Waals surface area contributed by atoms with Crippen molar-refractivity contribution in [3.05, 3.63) is 11.9 Å². The third-order valence-electron chi connectivity index (χ3n) is 3.50. The van der Waals surface area contributed by atoms with Crippen molar-refractivity contribution < 1.29 is 17.9 Å². The lowest BCUT2D eigenvalue weighted by Gasteiger charge is -2.34. The van der Waals surface area contributed by atoms with Crippen LogP contribution in [0.2, 0.25) is 0 Å². The van der Waals surface area contributed by atoms with Gasteiger partial charge in [0.15, 0.2) is 5.82 Å². The molecule has 8 heteroatoms. The van der Waals surface area contributed by atoms with E-state index in [2.05, 4.69) is 15.3 Å². The molecule has 118 valence electrons. The van der Waals surface area contributed by atoms with Gasteiger partial charge in [0, 0.05) is 33.3 Å². The zero-order valence-corrected chi connectivity index (χ0v) is 12.1. The molecule has 2 rings (SSSR count). The first-order chi connectivity index (χ1) is 9.94. The minimum absolute atomic E-state index is 0.0594. The fourth-order valence-corrected chi connectivity index (χ4v) is 2.42. The molecule has 0 bridgehead atoms. The van der Waals surface area contributed by atoms with Gasteiger partial charge in [-0.2, -0.15) is 13.2 Å². The monoisotopic (exact) mass is 304 g/mol. The largest absolute Gasteiger partial charge is 0.393 e. The van der Waals surface area contributed by atoms with E-state index in [1.165, 1.54) is 7.11 Å². The second-order valence-electron chi connectivity index (χ2n) is 5.04. The van der Waals surface area contributed by atoms with E-state index in [0.29, 0.717) is 30.4 Å². The van der Waals surface area contributed by atoms with Crippen molar-refractivity contribution in [2.45, 2.75) is 25.6 Å². The highest BCUT2D eigenvalue weighted by Gasteiger charge is 2.42. The van der Waals surface area contributed by atoms with E-state index in [9.17, 15) is 13.2 Å². The van der Waals surface area contributed by atoms with Crippen LogP contribution >= 0.6 is 0 Å². The molecule has 0 aliphatic carbocycles. The Balaban J connectivity index is 2.21. The minimum Gasteiger partial charge on any atom is -0.377 e. The number of hydrogen-bond acceptors (Lipinski definition) is 5. The summed E-state index contributed by atoms with van der Waals surface area (Å²) in [6.45, 7) is 0.730. The molecule has 1 aliphatic rings. The number of alkyl halides is 3. The summed E-state index contributed by atoms with van der Waals surface area (Å²) in [5.41, 5.74) is 0. The van der Waals surface area contributed by atoms with E-state index in [4.69, 9.17) is 4.74 Å². The van der Waals surface area contributed by atoms with Gasteiger partial charge in [-0.1, -0.05) is 0 Å². The lowest BCUT2D eigenvalue weighted by molar-refractivity contribution is -0.176. The van der Waals surface area contributed by atoms with E-state index >= 15 is 0 Å². The van der Waals surface area contributed by atoms with Crippen LogP contribution in [0.15, 0.2) is 6.07 Å². The van der Waals surface area contributed by atoms with E-state index < -0.39 is 12.1 Å². The Morgan fingerprint density at radius 1 is 1.43 bits per heavy atom. The molecular weight excluding hydrogens is 285 g/mol. The van der Waals surface area contributed by atoms with Crippen LogP contribution < -0.4 is 10.2 Å². The lowest BCUT2D eigenvalue weighted by atomic mass is 9.97. The number of nitrogens with zero attached hydrogens (tertiary/aromatic N) is 3. The van der Waals surface area contributed by atoms with Crippen LogP contribution in [-0.4, -0.2) is 43.4 Å². The predicted octanol–water partition coefficient (Wildman–Crippen LogP) is 2.44. The number of halogens is 3. The summed E-state index contributed by atoms with van der Waals surface area (Å²) in [5.74, 6) is 0.232. The number of ether oxygens (including phenoxy) is 1.